The van der Waals surface area contributed by atoms with Crippen molar-refractivity contribution in [2.24, 2.45) is 0 Å². The van der Waals surface area contributed by atoms with Gasteiger partial charge in [0.15, 0.2) is 0 Å². The summed E-state index contributed by atoms with van der Waals surface area (Å²) in [6, 6.07) is 7.67. The molecule has 116 valence electrons. The minimum Gasteiger partial charge on any atom is -0.772 e. The molecular formula is C14H19N2O4S-. The maximum Gasteiger partial charge on any atom is 0.238 e. The zero-order chi connectivity index (χ0) is 15.8. The highest BCUT2D eigenvalue weighted by Crippen LogP contribution is 2.04. The summed E-state index contributed by atoms with van der Waals surface area (Å²) in [5.41, 5.74) is 0.913. The van der Waals surface area contributed by atoms with Gasteiger partial charge in [0.25, 0.3) is 0 Å². The quantitative estimate of drug-likeness (QED) is 0.510. The number of benzene rings is 1. The fraction of sp³-hybridized carbons (Fsp3) is 0.429. The Morgan fingerprint density at radius 1 is 1.38 bits per heavy atom. The van der Waals surface area contributed by atoms with Gasteiger partial charge in [-0.2, -0.15) is 0 Å². The van der Waals surface area contributed by atoms with Gasteiger partial charge in [-0.25, -0.2) is 0 Å². The number of carbonyl (C=O) groups is 2. The highest BCUT2D eigenvalue weighted by atomic mass is 32.2. The van der Waals surface area contributed by atoms with Gasteiger partial charge in [-0.15, -0.1) is 0 Å². The lowest BCUT2D eigenvalue weighted by Crippen LogP contribution is -2.53. The molecule has 0 spiro atoms. The normalized spacial score (nSPS) is 16.5. The van der Waals surface area contributed by atoms with Crippen LogP contribution in [0.15, 0.2) is 30.3 Å². The highest BCUT2D eigenvalue weighted by Gasteiger charge is 2.26. The molecule has 6 nitrogen and oxygen atoms in total. The molecule has 7 heteroatoms. The van der Waals surface area contributed by atoms with E-state index in [4.69, 9.17) is 0 Å². The average Bonchev–Trinajstić information content (AvgIpc) is 2.48. The molecule has 0 aliphatic carbocycles. The first-order valence-electron chi connectivity index (χ1n) is 6.54. The molecular weight excluding hydrogens is 292 g/mol. The smallest absolute Gasteiger partial charge is 0.238 e. The molecule has 1 aromatic carbocycles. The molecule has 0 heterocycles. The fourth-order valence-corrected chi connectivity index (χ4v) is 2.45. The van der Waals surface area contributed by atoms with E-state index in [1.165, 1.54) is 14.0 Å². The van der Waals surface area contributed by atoms with E-state index in [9.17, 15) is 18.4 Å². The minimum absolute atomic E-state index is 0.362. The molecule has 0 saturated carbocycles. The summed E-state index contributed by atoms with van der Waals surface area (Å²) in [5.74, 6) is -0.512. The Morgan fingerprint density at radius 2 is 2.00 bits per heavy atom. The van der Waals surface area contributed by atoms with Crippen molar-refractivity contribution in [1.29, 1.82) is 0 Å². The first-order chi connectivity index (χ1) is 9.99. The van der Waals surface area contributed by atoms with Crippen LogP contribution in [0.3, 0.4) is 0 Å². The predicted octanol–water partition coefficient (Wildman–Crippen LogP) is -0.232. The molecule has 0 aromatic heterocycles. The standard InChI is InChI=1S/C14H20N2O4S/c1-10(21(19)20)13(15-2)14(18)16-12(9-17)8-11-6-4-3-5-7-11/h3-7,9-10,12-13,15H,8H2,1-2H3,(H,16,18)(H,19,20)/p-1/t10?,12-,13?/m0/s1. The Morgan fingerprint density at radius 3 is 2.48 bits per heavy atom. The van der Waals surface area contributed by atoms with Crippen LogP contribution in [0.25, 0.3) is 0 Å². The molecule has 1 rings (SSSR count). The molecule has 0 fully saturated rings. The summed E-state index contributed by atoms with van der Waals surface area (Å²) in [5, 5.41) is 4.32. The van der Waals surface area contributed by atoms with Gasteiger partial charge in [-0.05, 0) is 26.0 Å². The zero-order valence-corrected chi connectivity index (χ0v) is 12.8. The van der Waals surface area contributed by atoms with Crippen molar-refractivity contribution in [2.75, 3.05) is 7.05 Å². The Bertz CT molecular complexity index is 495. The van der Waals surface area contributed by atoms with Gasteiger partial charge >= 0.3 is 0 Å². The van der Waals surface area contributed by atoms with Crippen LogP contribution in [0.4, 0.5) is 0 Å². The molecule has 21 heavy (non-hydrogen) atoms. The number of likely N-dealkylation sites (N-methyl/N-ethyl adjacent to an activating group) is 1. The van der Waals surface area contributed by atoms with Crippen molar-refractivity contribution in [3.8, 4) is 0 Å². The molecule has 3 unspecified atom stereocenters. The number of aldehydes is 1. The Labute approximate surface area is 126 Å². The van der Waals surface area contributed by atoms with Gasteiger partial charge in [0.1, 0.15) is 6.29 Å². The van der Waals surface area contributed by atoms with E-state index in [2.05, 4.69) is 10.6 Å². The van der Waals surface area contributed by atoms with Crippen LogP contribution in [0.5, 0.6) is 0 Å². The first kappa shape index (κ1) is 17.5. The molecule has 1 aromatic rings. The molecule has 4 atom stereocenters. The summed E-state index contributed by atoms with van der Waals surface area (Å²) >= 11 is -2.38. The van der Waals surface area contributed by atoms with E-state index in [0.717, 1.165) is 5.56 Å². The van der Waals surface area contributed by atoms with Crippen molar-refractivity contribution in [3.63, 3.8) is 0 Å². The second kappa shape index (κ2) is 8.66. The van der Waals surface area contributed by atoms with Gasteiger partial charge in [-0.1, -0.05) is 41.4 Å². The number of rotatable bonds is 8. The van der Waals surface area contributed by atoms with Crippen molar-refractivity contribution in [2.45, 2.75) is 30.7 Å². The van der Waals surface area contributed by atoms with E-state index < -0.39 is 34.3 Å². The second-order valence-corrected chi connectivity index (χ2v) is 5.94. The highest BCUT2D eigenvalue weighted by molar-refractivity contribution is 7.79. The third-order valence-corrected chi connectivity index (χ3v) is 4.04. The summed E-state index contributed by atoms with van der Waals surface area (Å²) in [4.78, 5) is 23.2. The van der Waals surface area contributed by atoms with Gasteiger partial charge < -0.3 is 20.0 Å². The lowest BCUT2D eigenvalue weighted by atomic mass is 10.1. The van der Waals surface area contributed by atoms with Gasteiger partial charge in [0.2, 0.25) is 5.91 Å². The summed E-state index contributed by atoms with van der Waals surface area (Å²) < 4.78 is 21.9. The monoisotopic (exact) mass is 311 g/mol. The molecule has 0 bridgehead atoms. The van der Waals surface area contributed by atoms with E-state index in [1.54, 1.807) is 0 Å². The first-order valence-corrected chi connectivity index (χ1v) is 7.68. The van der Waals surface area contributed by atoms with Crippen molar-refractivity contribution in [1.82, 2.24) is 10.6 Å². The maximum absolute atomic E-state index is 12.1. The van der Waals surface area contributed by atoms with E-state index in [-0.39, 0.29) is 0 Å². The van der Waals surface area contributed by atoms with Crippen molar-refractivity contribution < 1.29 is 18.4 Å². The van der Waals surface area contributed by atoms with E-state index in [0.29, 0.717) is 12.7 Å². The molecule has 0 aliphatic rings. The number of amides is 1. The van der Waals surface area contributed by atoms with Crippen LogP contribution in [-0.2, 0) is 27.1 Å². The van der Waals surface area contributed by atoms with Crippen molar-refractivity contribution in [3.05, 3.63) is 35.9 Å². The largest absolute Gasteiger partial charge is 0.772 e. The fourth-order valence-electron chi connectivity index (χ4n) is 1.96. The average molecular weight is 311 g/mol. The third kappa shape index (κ3) is 5.37. The molecule has 0 saturated heterocycles. The van der Waals surface area contributed by atoms with Crippen LogP contribution in [-0.4, -0.2) is 45.3 Å². The number of nitrogens with one attached hydrogen (secondary N) is 2. The third-order valence-electron chi connectivity index (χ3n) is 3.16. The predicted molar refractivity (Wildman–Crippen MR) is 79.4 cm³/mol. The van der Waals surface area contributed by atoms with E-state index in [1.807, 2.05) is 30.3 Å². The van der Waals surface area contributed by atoms with Gasteiger partial charge in [0.05, 0.1) is 12.1 Å². The lowest BCUT2D eigenvalue weighted by molar-refractivity contribution is -0.125. The summed E-state index contributed by atoms with van der Waals surface area (Å²) in [6.07, 6.45) is 1.01. The number of carbonyl (C=O) groups excluding carboxylic acids is 2. The SMILES string of the molecule is CNC(C(=O)N[C@H](C=O)Cc1ccccc1)C(C)S(=O)[O-]. The van der Waals surface area contributed by atoms with Gasteiger partial charge in [-0.3, -0.25) is 9.00 Å². The Balaban J connectivity index is 2.69. The van der Waals surface area contributed by atoms with Crippen LogP contribution in [0.1, 0.15) is 12.5 Å². The number of hydrogen-bond donors (Lipinski definition) is 2. The maximum atomic E-state index is 12.1. The van der Waals surface area contributed by atoms with Crippen LogP contribution < -0.4 is 10.6 Å². The number of hydrogen-bond acceptors (Lipinski definition) is 5. The Kier molecular flexibility index (Phi) is 7.21. The molecule has 0 radical (unpaired) electrons. The van der Waals surface area contributed by atoms with E-state index >= 15 is 0 Å². The second-order valence-electron chi connectivity index (χ2n) is 4.67. The van der Waals surface area contributed by atoms with Crippen LogP contribution >= 0.6 is 0 Å². The lowest BCUT2D eigenvalue weighted by Gasteiger charge is -2.25. The topological polar surface area (TPSA) is 98.3 Å². The molecule has 0 aliphatic heterocycles. The molecule has 1 amide bonds. The summed E-state index contributed by atoms with van der Waals surface area (Å²) in [7, 11) is 1.50. The van der Waals surface area contributed by atoms with Crippen molar-refractivity contribution >= 4 is 23.3 Å². The molecule has 2 N–H and O–H groups in total. The zero-order valence-electron chi connectivity index (χ0n) is 11.9. The minimum atomic E-state index is -2.38. The van der Waals surface area contributed by atoms with Crippen LogP contribution in [0, 0.1) is 0 Å². The Hall–Kier alpha value is -1.57. The summed E-state index contributed by atoms with van der Waals surface area (Å²) in [6.45, 7) is 1.43. The van der Waals surface area contributed by atoms with Gasteiger partial charge in [0, 0.05) is 5.25 Å². The van der Waals surface area contributed by atoms with Crippen LogP contribution in [0.2, 0.25) is 0 Å².